The number of fused-ring (bicyclic) bond motifs is 1. The lowest BCUT2D eigenvalue weighted by Gasteiger charge is -2.15. The zero-order valence-corrected chi connectivity index (χ0v) is 17.1. The van der Waals surface area contributed by atoms with E-state index in [2.05, 4.69) is 4.72 Å². The second-order valence-electron chi connectivity index (χ2n) is 7.23. The van der Waals surface area contributed by atoms with Crippen molar-refractivity contribution in [1.82, 2.24) is 9.29 Å². The van der Waals surface area contributed by atoms with Crippen LogP contribution in [-0.2, 0) is 26.7 Å². The molecule has 0 spiro atoms. The van der Waals surface area contributed by atoms with Crippen LogP contribution in [0.15, 0.2) is 59.6 Å². The number of carbonyl (C=O) groups excluding carboxylic acids is 2. The molecule has 3 aromatic rings. The van der Waals surface area contributed by atoms with Crippen molar-refractivity contribution in [3.05, 3.63) is 60.3 Å². The Labute approximate surface area is 173 Å². The largest absolute Gasteiger partial charge is 0.387 e. The SMILES string of the molecule is Cn1ccc2cc([C@@H](O)CNS(=O)(=O)c3ccc(N4C(=O)CCC4=O)cc3)ccc21. The fourth-order valence-corrected chi connectivity index (χ4v) is 4.57. The number of aromatic nitrogens is 1. The number of sulfonamides is 1. The number of nitrogens with one attached hydrogen (secondary N) is 1. The van der Waals surface area contributed by atoms with E-state index in [9.17, 15) is 23.1 Å². The third-order valence-corrected chi connectivity index (χ3v) is 6.66. The van der Waals surface area contributed by atoms with E-state index in [0.717, 1.165) is 15.8 Å². The van der Waals surface area contributed by atoms with Gasteiger partial charge in [-0.25, -0.2) is 13.1 Å². The third-order valence-electron chi connectivity index (χ3n) is 5.22. The summed E-state index contributed by atoms with van der Waals surface area (Å²) >= 11 is 0. The first-order valence-corrected chi connectivity index (χ1v) is 10.9. The molecule has 1 atom stereocenters. The molecule has 1 saturated heterocycles. The number of amides is 2. The van der Waals surface area contributed by atoms with Crippen molar-refractivity contribution in [2.24, 2.45) is 7.05 Å². The van der Waals surface area contributed by atoms with Crippen LogP contribution in [0.1, 0.15) is 24.5 Å². The van der Waals surface area contributed by atoms with Crippen LogP contribution in [0.5, 0.6) is 0 Å². The minimum Gasteiger partial charge on any atom is -0.387 e. The third kappa shape index (κ3) is 3.74. The van der Waals surface area contributed by atoms with E-state index in [4.69, 9.17) is 0 Å². The van der Waals surface area contributed by atoms with Gasteiger partial charge in [0.25, 0.3) is 0 Å². The van der Waals surface area contributed by atoms with E-state index >= 15 is 0 Å². The minimum absolute atomic E-state index is 0.0175. The van der Waals surface area contributed by atoms with Gasteiger partial charge in [-0.15, -0.1) is 0 Å². The standard InChI is InChI=1S/C21H21N3O5S/c1-23-11-10-14-12-15(2-7-18(14)23)19(25)13-22-30(28,29)17-5-3-16(4-6-17)24-20(26)8-9-21(24)27/h2-7,10-12,19,22,25H,8-9,13H2,1H3/t19-/m0/s1. The Balaban J connectivity index is 1.45. The average molecular weight is 427 g/mol. The Hall–Kier alpha value is -3.01. The van der Waals surface area contributed by atoms with Crippen molar-refractivity contribution in [3.63, 3.8) is 0 Å². The summed E-state index contributed by atoms with van der Waals surface area (Å²) in [6.07, 6.45) is 1.22. The van der Waals surface area contributed by atoms with Crippen LogP contribution in [0.4, 0.5) is 5.69 Å². The van der Waals surface area contributed by atoms with Gasteiger partial charge in [0.05, 0.1) is 16.7 Å². The highest BCUT2D eigenvalue weighted by atomic mass is 32.2. The summed E-state index contributed by atoms with van der Waals surface area (Å²) in [6, 6.07) is 12.9. The number of hydrogen-bond acceptors (Lipinski definition) is 5. The topological polar surface area (TPSA) is 109 Å². The van der Waals surface area contributed by atoms with Crippen LogP contribution in [0, 0.1) is 0 Å². The molecule has 156 valence electrons. The molecule has 1 fully saturated rings. The maximum absolute atomic E-state index is 12.6. The van der Waals surface area contributed by atoms with Crippen LogP contribution >= 0.6 is 0 Å². The number of hydrogen-bond donors (Lipinski definition) is 2. The van der Waals surface area contributed by atoms with Gasteiger partial charge in [-0.05, 0) is 53.4 Å². The fraction of sp³-hybridized carbons (Fsp3) is 0.238. The van der Waals surface area contributed by atoms with E-state index in [0.29, 0.717) is 11.3 Å². The molecule has 0 saturated carbocycles. The number of aliphatic hydroxyl groups is 1. The number of anilines is 1. The van der Waals surface area contributed by atoms with Gasteiger partial charge in [0.2, 0.25) is 21.8 Å². The van der Waals surface area contributed by atoms with E-state index < -0.39 is 16.1 Å². The molecular formula is C21H21N3O5S. The maximum Gasteiger partial charge on any atom is 0.240 e. The van der Waals surface area contributed by atoms with Gasteiger partial charge >= 0.3 is 0 Å². The van der Waals surface area contributed by atoms with Gasteiger partial charge in [0, 0.05) is 38.1 Å². The smallest absolute Gasteiger partial charge is 0.240 e. The number of imide groups is 1. The van der Waals surface area contributed by atoms with E-state index in [1.165, 1.54) is 24.3 Å². The molecular weight excluding hydrogens is 406 g/mol. The lowest BCUT2D eigenvalue weighted by atomic mass is 10.1. The first-order valence-electron chi connectivity index (χ1n) is 9.45. The molecule has 8 nitrogen and oxygen atoms in total. The minimum atomic E-state index is -3.87. The fourth-order valence-electron chi connectivity index (χ4n) is 3.54. The summed E-state index contributed by atoms with van der Waals surface area (Å²) < 4.78 is 29.5. The van der Waals surface area contributed by atoms with Crippen molar-refractivity contribution in [2.45, 2.75) is 23.8 Å². The van der Waals surface area contributed by atoms with Crippen LogP contribution in [0.2, 0.25) is 0 Å². The average Bonchev–Trinajstić information content (AvgIpc) is 3.27. The van der Waals surface area contributed by atoms with Crippen LogP contribution in [0.3, 0.4) is 0 Å². The number of aliphatic hydroxyl groups excluding tert-OH is 1. The number of benzene rings is 2. The number of carbonyl (C=O) groups is 2. The van der Waals surface area contributed by atoms with Gasteiger partial charge < -0.3 is 9.67 Å². The van der Waals surface area contributed by atoms with Gasteiger partial charge in [-0.1, -0.05) is 6.07 Å². The molecule has 4 rings (SSSR count). The zero-order chi connectivity index (χ0) is 21.5. The summed E-state index contributed by atoms with van der Waals surface area (Å²) in [7, 11) is -1.95. The molecule has 1 aliphatic heterocycles. The van der Waals surface area contributed by atoms with Gasteiger partial charge in [0.15, 0.2) is 0 Å². The first-order chi connectivity index (χ1) is 14.3. The van der Waals surface area contributed by atoms with Gasteiger partial charge in [-0.3, -0.25) is 14.5 Å². The summed E-state index contributed by atoms with van der Waals surface area (Å²) in [5, 5.41) is 11.4. The Morgan fingerprint density at radius 2 is 1.70 bits per heavy atom. The molecule has 2 aromatic carbocycles. The molecule has 30 heavy (non-hydrogen) atoms. The van der Waals surface area contributed by atoms with E-state index in [1.54, 1.807) is 6.07 Å². The number of rotatable bonds is 6. The first kappa shape index (κ1) is 20.3. The molecule has 9 heteroatoms. The Morgan fingerprint density at radius 1 is 1.03 bits per heavy atom. The quantitative estimate of drug-likeness (QED) is 0.584. The molecule has 0 radical (unpaired) electrons. The van der Waals surface area contributed by atoms with Crippen molar-refractivity contribution in [2.75, 3.05) is 11.4 Å². The van der Waals surface area contributed by atoms with Gasteiger partial charge in [0.1, 0.15) is 0 Å². The van der Waals surface area contributed by atoms with Crippen LogP contribution in [-0.4, -0.2) is 36.5 Å². The highest BCUT2D eigenvalue weighted by Crippen LogP contribution is 2.24. The van der Waals surface area contributed by atoms with E-state index in [1.807, 2.05) is 36.0 Å². The van der Waals surface area contributed by atoms with E-state index in [-0.39, 0.29) is 36.1 Å². The molecule has 2 N–H and O–H groups in total. The molecule has 0 aliphatic carbocycles. The van der Waals surface area contributed by atoms with Crippen molar-refractivity contribution in [1.29, 1.82) is 0 Å². The van der Waals surface area contributed by atoms with Gasteiger partial charge in [-0.2, -0.15) is 0 Å². The molecule has 1 aromatic heterocycles. The Bertz CT molecular complexity index is 1220. The predicted molar refractivity (Wildman–Crippen MR) is 111 cm³/mol. The summed E-state index contributed by atoms with van der Waals surface area (Å²) in [6.45, 7) is -0.189. The lowest BCUT2D eigenvalue weighted by Crippen LogP contribution is -2.29. The normalized spacial score (nSPS) is 15.9. The lowest BCUT2D eigenvalue weighted by molar-refractivity contribution is -0.121. The van der Waals surface area contributed by atoms with Crippen LogP contribution < -0.4 is 9.62 Å². The maximum atomic E-state index is 12.6. The predicted octanol–water partition coefficient (Wildman–Crippen LogP) is 1.84. The monoisotopic (exact) mass is 427 g/mol. The molecule has 2 amide bonds. The Kier molecular flexibility index (Phi) is 5.19. The molecule has 2 heterocycles. The Morgan fingerprint density at radius 3 is 2.37 bits per heavy atom. The molecule has 0 unspecified atom stereocenters. The number of aryl methyl sites for hydroxylation is 1. The van der Waals surface area contributed by atoms with Crippen molar-refractivity contribution < 1.29 is 23.1 Å². The highest BCUT2D eigenvalue weighted by Gasteiger charge is 2.30. The summed E-state index contributed by atoms with van der Waals surface area (Å²) in [4.78, 5) is 24.7. The van der Waals surface area contributed by atoms with Crippen molar-refractivity contribution in [3.8, 4) is 0 Å². The van der Waals surface area contributed by atoms with Crippen LogP contribution in [0.25, 0.3) is 10.9 Å². The zero-order valence-electron chi connectivity index (χ0n) is 16.3. The second kappa shape index (κ2) is 7.67. The summed E-state index contributed by atoms with van der Waals surface area (Å²) in [5.74, 6) is -0.598. The highest BCUT2D eigenvalue weighted by molar-refractivity contribution is 7.89. The van der Waals surface area contributed by atoms with Crippen molar-refractivity contribution >= 4 is 38.4 Å². The second-order valence-corrected chi connectivity index (χ2v) is 9.00. The molecule has 1 aliphatic rings. The molecule has 0 bridgehead atoms. The number of nitrogens with zero attached hydrogens (tertiary/aromatic N) is 2. The summed E-state index contributed by atoms with van der Waals surface area (Å²) in [5.41, 5.74) is 1.97.